The van der Waals surface area contributed by atoms with Crippen LogP contribution in [0.1, 0.15) is 30.7 Å². The predicted octanol–water partition coefficient (Wildman–Crippen LogP) is 4.88. The first kappa shape index (κ1) is 23.6. The van der Waals surface area contributed by atoms with Gasteiger partial charge in [-0.2, -0.15) is 4.31 Å². The van der Waals surface area contributed by atoms with Crippen LogP contribution in [0.5, 0.6) is 11.5 Å². The Kier molecular flexibility index (Phi) is 7.71. The summed E-state index contributed by atoms with van der Waals surface area (Å²) in [4.78, 5) is 0. The molecular weight excluding hydrogens is 428 g/mol. The number of hydrogen-bond acceptors (Lipinski definition) is 6. The quantitative estimate of drug-likeness (QED) is 0.432. The summed E-state index contributed by atoms with van der Waals surface area (Å²) in [6, 6.07) is 15.1. The molecule has 0 unspecified atom stereocenters. The highest BCUT2D eigenvalue weighted by Crippen LogP contribution is 2.37. The molecule has 3 aromatic rings. The normalized spacial score (nSPS) is 11.9. The van der Waals surface area contributed by atoms with Crippen molar-refractivity contribution in [2.75, 3.05) is 20.2 Å². The zero-order valence-electron chi connectivity index (χ0n) is 18.7. The summed E-state index contributed by atoms with van der Waals surface area (Å²) in [5, 5.41) is 5.17. The Balaban J connectivity index is 2.03. The van der Waals surface area contributed by atoms with Crippen LogP contribution in [0.3, 0.4) is 0 Å². The maximum atomic E-state index is 12.6. The zero-order valence-corrected chi connectivity index (χ0v) is 19.6. The van der Waals surface area contributed by atoms with Crippen LogP contribution < -0.4 is 9.47 Å². The van der Waals surface area contributed by atoms with E-state index in [0.717, 1.165) is 5.56 Å². The number of sulfonamides is 1. The third kappa shape index (κ3) is 5.57. The van der Waals surface area contributed by atoms with Crippen molar-refractivity contribution in [2.45, 2.75) is 27.4 Å². The molecule has 0 aliphatic heterocycles. The molecule has 1 heterocycles. The minimum Gasteiger partial charge on any atom is -0.493 e. The van der Waals surface area contributed by atoms with Crippen LogP contribution in [0.2, 0.25) is 0 Å². The van der Waals surface area contributed by atoms with E-state index in [4.69, 9.17) is 14.0 Å². The van der Waals surface area contributed by atoms with Crippen LogP contribution in [0.15, 0.2) is 58.5 Å². The number of nitrogens with zero attached hydrogens (tertiary/aromatic N) is 2. The van der Waals surface area contributed by atoms with Crippen LogP contribution >= 0.6 is 0 Å². The fourth-order valence-corrected chi connectivity index (χ4v) is 4.46. The van der Waals surface area contributed by atoms with Crippen molar-refractivity contribution in [3.63, 3.8) is 0 Å². The molecule has 7 nitrogen and oxygen atoms in total. The Morgan fingerprint density at radius 1 is 1.06 bits per heavy atom. The minimum absolute atomic E-state index is 0.359. The maximum absolute atomic E-state index is 12.6. The molecule has 8 heteroatoms. The maximum Gasteiger partial charge on any atom is 0.236 e. The SMILES string of the molecule is CCN(CC)S(=O)(=O)C=Cc1cc(OC)c(OCc2ccccc2)cc1-c1cc(C)no1. The summed E-state index contributed by atoms with van der Waals surface area (Å²) in [5.74, 6) is 1.51. The lowest BCUT2D eigenvalue weighted by Gasteiger charge is -2.16. The van der Waals surface area contributed by atoms with Gasteiger partial charge in [-0.15, -0.1) is 0 Å². The lowest BCUT2D eigenvalue weighted by molar-refractivity contribution is 0.284. The number of ether oxygens (including phenoxy) is 2. The number of aromatic nitrogens is 1. The molecule has 3 rings (SSSR count). The molecule has 2 aromatic carbocycles. The standard InChI is InChI=1S/C24H28N2O5S/c1-5-26(6-2)32(27,28)13-12-20-15-23(29-4)24(30-17-19-10-8-7-9-11-19)16-21(20)22-14-18(3)25-31-22/h7-16H,5-6,17H2,1-4H3. The lowest BCUT2D eigenvalue weighted by atomic mass is 10.0. The van der Waals surface area contributed by atoms with E-state index >= 15 is 0 Å². The Hall–Kier alpha value is -3.10. The molecule has 1 aromatic heterocycles. The summed E-state index contributed by atoms with van der Waals surface area (Å²) >= 11 is 0. The Morgan fingerprint density at radius 2 is 1.78 bits per heavy atom. The third-order valence-electron chi connectivity index (χ3n) is 4.95. The van der Waals surface area contributed by atoms with E-state index in [0.29, 0.717) is 53.8 Å². The molecule has 0 aliphatic rings. The fraction of sp³-hybridized carbons (Fsp3) is 0.292. The Morgan fingerprint density at radius 3 is 2.38 bits per heavy atom. The van der Waals surface area contributed by atoms with E-state index in [9.17, 15) is 8.42 Å². The van der Waals surface area contributed by atoms with Crippen molar-refractivity contribution in [2.24, 2.45) is 0 Å². The molecule has 0 amide bonds. The van der Waals surface area contributed by atoms with Crippen LogP contribution in [-0.4, -0.2) is 38.1 Å². The van der Waals surface area contributed by atoms with E-state index in [2.05, 4.69) is 5.16 Å². The van der Waals surface area contributed by atoms with Gasteiger partial charge in [0.1, 0.15) is 6.61 Å². The first-order valence-corrected chi connectivity index (χ1v) is 11.9. The van der Waals surface area contributed by atoms with Gasteiger partial charge in [-0.25, -0.2) is 8.42 Å². The lowest BCUT2D eigenvalue weighted by Crippen LogP contribution is -2.28. The summed E-state index contributed by atoms with van der Waals surface area (Å²) in [5.41, 5.74) is 3.00. The molecule has 0 spiro atoms. The number of methoxy groups -OCH3 is 1. The highest BCUT2D eigenvalue weighted by Gasteiger charge is 2.18. The Labute approximate surface area is 189 Å². The molecule has 0 fully saturated rings. The second kappa shape index (κ2) is 10.5. The summed E-state index contributed by atoms with van der Waals surface area (Å²) in [7, 11) is -2.01. The molecule has 0 aliphatic carbocycles. The number of hydrogen-bond donors (Lipinski definition) is 0. The highest BCUT2D eigenvalue weighted by atomic mass is 32.2. The number of rotatable bonds is 10. The molecule has 0 atom stereocenters. The van der Waals surface area contributed by atoms with Crippen molar-refractivity contribution in [1.82, 2.24) is 9.46 Å². The average Bonchev–Trinajstić information content (AvgIpc) is 3.23. The zero-order chi connectivity index (χ0) is 23.1. The van der Waals surface area contributed by atoms with Crippen LogP contribution in [0.25, 0.3) is 17.4 Å². The largest absolute Gasteiger partial charge is 0.493 e. The van der Waals surface area contributed by atoms with Gasteiger partial charge >= 0.3 is 0 Å². The van der Waals surface area contributed by atoms with Gasteiger partial charge < -0.3 is 14.0 Å². The number of benzene rings is 2. The molecule has 170 valence electrons. The number of aryl methyl sites for hydroxylation is 1. The van der Waals surface area contributed by atoms with Crippen molar-refractivity contribution in [1.29, 1.82) is 0 Å². The van der Waals surface area contributed by atoms with Crippen LogP contribution in [-0.2, 0) is 16.6 Å². The minimum atomic E-state index is -3.56. The summed E-state index contributed by atoms with van der Waals surface area (Å²) in [6.07, 6.45) is 1.55. The van der Waals surface area contributed by atoms with Gasteiger partial charge in [0.25, 0.3) is 0 Å². The van der Waals surface area contributed by atoms with E-state index in [1.165, 1.54) is 9.71 Å². The topological polar surface area (TPSA) is 81.9 Å². The van der Waals surface area contributed by atoms with E-state index < -0.39 is 10.0 Å². The van der Waals surface area contributed by atoms with Crippen molar-refractivity contribution in [3.8, 4) is 22.8 Å². The second-order valence-corrected chi connectivity index (χ2v) is 8.95. The van der Waals surface area contributed by atoms with Gasteiger partial charge in [0.05, 0.1) is 12.8 Å². The molecule has 0 bridgehead atoms. The fourth-order valence-electron chi connectivity index (χ4n) is 3.25. The Bertz CT molecular complexity index is 1170. The molecular formula is C24H28N2O5S. The monoisotopic (exact) mass is 456 g/mol. The molecule has 0 radical (unpaired) electrons. The molecule has 32 heavy (non-hydrogen) atoms. The van der Waals surface area contributed by atoms with Crippen molar-refractivity contribution in [3.05, 3.63) is 70.8 Å². The van der Waals surface area contributed by atoms with Gasteiger partial charge in [-0.1, -0.05) is 49.3 Å². The second-order valence-electron chi connectivity index (χ2n) is 7.13. The third-order valence-corrected chi connectivity index (χ3v) is 6.67. The van der Waals surface area contributed by atoms with Crippen LogP contribution in [0, 0.1) is 6.92 Å². The first-order chi connectivity index (χ1) is 15.4. The summed E-state index contributed by atoms with van der Waals surface area (Å²) < 4.78 is 43.7. The summed E-state index contributed by atoms with van der Waals surface area (Å²) in [6.45, 7) is 6.58. The van der Waals surface area contributed by atoms with Crippen molar-refractivity contribution < 1.29 is 22.4 Å². The smallest absolute Gasteiger partial charge is 0.236 e. The van der Waals surface area contributed by atoms with E-state index in [1.54, 1.807) is 45.2 Å². The first-order valence-electron chi connectivity index (χ1n) is 10.4. The van der Waals surface area contributed by atoms with Crippen LogP contribution in [0.4, 0.5) is 0 Å². The van der Waals surface area contributed by atoms with E-state index in [1.807, 2.05) is 37.3 Å². The van der Waals surface area contributed by atoms with Crippen molar-refractivity contribution >= 4 is 16.1 Å². The van der Waals surface area contributed by atoms with Gasteiger partial charge in [-0.05, 0) is 36.3 Å². The van der Waals surface area contributed by atoms with Gasteiger partial charge in [-0.3, -0.25) is 0 Å². The molecule has 0 N–H and O–H groups in total. The predicted molar refractivity (Wildman–Crippen MR) is 125 cm³/mol. The van der Waals surface area contributed by atoms with E-state index in [-0.39, 0.29) is 0 Å². The average molecular weight is 457 g/mol. The molecule has 0 saturated heterocycles. The van der Waals surface area contributed by atoms with Gasteiger partial charge in [0.2, 0.25) is 10.0 Å². The van der Waals surface area contributed by atoms with Gasteiger partial charge in [0.15, 0.2) is 17.3 Å². The molecule has 0 saturated carbocycles. The highest BCUT2D eigenvalue weighted by molar-refractivity contribution is 7.92. The van der Waals surface area contributed by atoms with Gasteiger partial charge in [0, 0.05) is 30.1 Å².